The number of halogens is 1. The van der Waals surface area contributed by atoms with Crippen molar-refractivity contribution in [1.82, 2.24) is 9.96 Å². The monoisotopic (exact) mass is 385 g/mol. The highest BCUT2D eigenvalue weighted by Crippen LogP contribution is 2.40. The highest BCUT2D eigenvalue weighted by molar-refractivity contribution is 5.62. The van der Waals surface area contributed by atoms with Crippen LogP contribution in [0, 0.1) is 5.82 Å². The number of hydrogen-bond donors (Lipinski definition) is 0. The zero-order valence-electron chi connectivity index (χ0n) is 16.4. The average molecular weight is 385 g/mol. The Morgan fingerprint density at radius 2 is 2.07 bits per heavy atom. The van der Waals surface area contributed by atoms with Gasteiger partial charge in [0.1, 0.15) is 29.8 Å². The van der Waals surface area contributed by atoms with E-state index >= 15 is 0 Å². The van der Waals surface area contributed by atoms with Gasteiger partial charge in [-0.1, -0.05) is 18.9 Å². The van der Waals surface area contributed by atoms with Crippen molar-refractivity contribution >= 4 is 5.69 Å². The van der Waals surface area contributed by atoms with E-state index in [2.05, 4.69) is 17.2 Å². The fourth-order valence-corrected chi connectivity index (χ4v) is 3.39. The number of anilines is 1. The largest absolute Gasteiger partial charge is 0.494 e. The average Bonchev–Trinajstić information content (AvgIpc) is 3.12. The molecule has 8 heteroatoms. The first-order valence-corrected chi connectivity index (χ1v) is 9.44. The second-order valence-corrected chi connectivity index (χ2v) is 6.96. The molecular weight excluding hydrogens is 361 g/mol. The van der Waals surface area contributed by atoms with Crippen LogP contribution < -0.4 is 9.64 Å². The summed E-state index contributed by atoms with van der Waals surface area (Å²) in [6.45, 7) is 5.18. The van der Waals surface area contributed by atoms with Crippen molar-refractivity contribution in [2.24, 2.45) is 10.2 Å². The van der Waals surface area contributed by atoms with Crippen LogP contribution in [0.3, 0.4) is 0 Å². The third-order valence-electron chi connectivity index (χ3n) is 4.81. The van der Waals surface area contributed by atoms with Gasteiger partial charge in [0.25, 0.3) is 0 Å². The minimum absolute atomic E-state index is 0.323. The fourth-order valence-electron chi connectivity index (χ4n) is 3.39. The molecule has 0 N–H and O–H groups in total. The van der Waals surface area contributed by atoms with Gasteiger partial charge in [-0.2, -0.15) is 0 Å². The van der Waals surface area contributed by atoms with Crippen molar-refractivity contribution in [2.45, 2.75) is 33.1 Å². The minimum atomic E-state index is -0.323. The standard InChI is InChI=1S/C20H24FN5O2/c1-4-5-8-28-15-6-7-16(21)18(10-15)25-11-14(2)9-17-20(25)26-13-24(27-3)12-19(26)23-22-17/h6-7,10-12H,4-5,8-9,13H2,1-3H3. The Hall–Kier alpha value is -2.87. The first-order chi connectivity index (χ1) is 13.6. The van der Waals surface area contributed by atoms with E-state index < -0.39 is 0 Å². The van der Waals surface area contributed by atoms with Gasteiger partial charge in [-0.05, 0) is 25.5 Å². The molecule has 28 heavy (non-hydrogen) atoms. The molecule has 0 atom stereocenters. The number of hydroxylamine groups is 2. The van der Waals surface area contributed by atoms with Crippen LogP contribution in [0.2, 0.25) is 0 Å². The lowest BCUT2D eigenvalue weighted by molar-refractivity contribution is -0.0952. The van der Waals surface area contributed by atoms with Crippen LogP contribution in [0.1, 0.15) is 33.1 Å². The zero-order chi connectivity index (χ0) is 19.7. The molecule has 0 unspecified atom stereocenters. The summed E-state index contributed by atoms with van der Waals surface area (Å²) in [7, 11) is 1.60. The Morgan fingerprint density at radius 3 is 2.86 bits per heavy atom. The Bertz CT molecular complexity index is 893. The van der Waals surface area contributed by atoms with E-state index in [1.807, 2.05) is 22.9 Å². The molecule has 7 nitrogen and oxygen atoms in total. The molecule has 3 aliphatic heterocycles. The third-order valence-corrected chi connectivity index (χ3v) is 4.81. The molecule has 1 aromatic rings. The smallest absolute Gasteiger partial charge is 0.177 e. The van der Waals surface area contributed by atoms with E-state index in [9.17, 15) is 4.39 Å². The molecule has 1 aromatic carbocycles. The minimum Gasteiger partial charge on any atom is -0.494 e. The summed E-state index contributed by atoms with van der Waals surface area (Å²) >= 11 is 0. The molecule has 0 aromatic heterocycles. The maximum Gasteiger partial charge on any atom is 0.177 e. The molecule has 0 fully saturated rings. The number of fused-ring (bicyclic) bond motifs is 2. The number of ether oxygens (including phenoxy) is 1. The Labute approximate surface area is 164 Å². The molecule has 0 aliphatic carbocycles. The fraction of sp³-hybridized carbons (Fsp3) is 0.400. The van der Waals surface area contributed by atoms with Gasteiger partial charge in [0, 0.05) is 18.7 Å². The van der Waals surface area contributed by atoms with Crippen LogP contribution >= 0.6 is 0 Å². The molecule has 0 bridgehead atoms. The Morgan fingerprint density at radius 1 is 1.21 bits per heavy atom. The summed E-state index contributed by atoms with van der Waals surface area (Å²) in [5.41, 5.74) is 2.30. The Balaban J connectivity index is 1.71. The molecule has 0 amide bonds. The predicted molar refractivity (Wildman–Crippen MR) is 103 cm³/mol. The lowest BCUT2D eigenvalue weighted by atomic mass is 10.1. The lowest BCUT2D eigenvalue weighted by Gasteiger charge is -2.37. The van der Waals surface area contributed by atoms with E-state index in [1.165, 1.54) is 6.07 Å². The maximum absolute atomic E-state index is 14.8. The predicted octanol–water partition coefficient (Wildman–Crippen LogP) is 4.69. The molecule has 3 heterocycles. The summed E-state index contributed by atoms with van der Waals surface area (Å²) in [6.07, 6.45) is 6.39. The SMILES string of the molecule is CCCCOc1ccc(F)c(N2C=C(C)CC3=C2N2CN(OC)C=C2N=N3)c1. The van der Waals surface area contributed by atoms with Gasteiger partial charge >= 0.3 is 0 Å². The summed E-state index contributed by atoms with van der Waals surface area (Å²) in [6, 6.07) is 4.85. The number of hydrogen-bond acceptors (Lipinski definition) is 7. The molecular formula is C20H24FN5O2. The molecule has 0 spiro atoms. The summed E-state index contributed by atoms with van der Waals surface area (Å²) in [4.78, 5) is 9.11. The topological polar surface area (TPSA) is 52.9 Å². The van der Waals surface area contributed by atoms with Gasteiger partial charge < -0.3 is 4.74 Å². The van der Waals surface area contributed by atoms with Crippen LogP contribution in [-0.2, 0) is 4.84 Å². The van der Waals surface area contributed by atoms with E-state index in [0.29, 0.717) is 37.0 Å². The summed E-state index contributed by atoms with van der Waals surface area (Å²) < 4.78 is 20.6. The van der Waals surface area contributed by atoms with Crippen LogP contribution in [0.25, 0.3) is 0 Å². The summed E-state index contributed by atoms with van der Waals surface area (Å²) in [5, 5.41) is 10.3. The molecule has 3 aliphatic rings. The molecule has 0 saturated carbocycles. The first kappa shape index (κ1) is 18.5. The van der Waals surface area contributed by atoms with Gasteiger partial charge in [0.05, 0.1) is 25.6 Å². The normalized spacial score (nSPS) is 18.2. The second-order valence-electron chi connectivity index (χ2n) is 6.96. The van der Waals surface area contributed by atoms with Crippen molar-refractivity contribution in [2.75, 3.05) is 25.3 Å². The van der Waals surface area contributed by atoms with E-state index in [1.54, 1.807) is 30.5 Å². The van der Waals surface area contributed by atoms with Crippen molar-refractivity contribution in [3.05, 3.63) is 59.3 Å². The van der Waals surface area contributed by atoms with E-state index in [4.69, 9.17) is 9.57 Å². The molecule has 148 valence electrons. The molecule has 4 rings (SSSR count). The number of unbranched alkanes of at least 4 members (excludes halogenated alkanes) is 1. The number of rotatable bonds is 6. The maximum atomic E-state index is 14.8. The second kappa shape index (κ2) is 7.63. The molecule has 0 radical (unpaired) electrons. The van der Waals surface area contributed by atoms with Gasteiger partial charge in [0.2, 0.25) is 0 Å². The third kappa shape index (κ3) is 3.35. The van der Waals surface area contributed by atoms with Crippen LogP contribution in [0.15, 0.2) is 63.7 Å². The van der Waals surface area contributed by atoms with Crippen molar-refractivity contribution in [3.8, 4) is 5.75 Å². The zero-order valence-corrected chi connectivity index (χ0v) is 16.4. The lowest BCUT2D eigenvalue weighted by Crippen LogP contribution is -2.37. The highest BCUT2D eigenvalue weighted by Gasteiger charge is 2.35. The number of nitrogens with zero attached hydrogens (tertiary/aromatic N) is 5. The van der Waals surface area contributed by atoms with Crippen LogP contribution in [0.5, 0.6) is 5.75 Å². The van der Waals surface area contributed by atoms with Gasteiger partial charge in [-0.25, -0.2) is 9.45 Å². The number of allylic oxidation sites excluding steroid dienone is 1. The van der Waals surface area contributed by atoms with Gasteiger partial charge in [-0.3, -0.25) is 14.6 Å². The van der Waals surface area contributed by atoms with Gasteiger partial charge in [0.15, 0.2) is 5.82 Å². The van der Waals surface area contributed by atoms with Crippen molar-refractivity contribution < 1.29 is 14.0 Å². The van der Waals surface area contributed by atoms with E-state index in [-0.39, 0.29) is 5.82 Å². The first-order valence-electron chi connectivity index (χ1n) is 9.44. The van der Waals surface area contributed by atoms with Crippen molar-refractivity contribution in [1.29, 1.82) is 0 Å². The van der Waals surface area contributed by atoms with Gasteiger partial charge in [-0.15, -0.1) is 10.2 Å². The van der Waals surface area contributed by atoms with Crippen LogP contribution in [0.4, 0.5) is 10.1 Å². The number of azo groups is 1. The van der Waals surface area contributed by atoms with Crippen LogP contribution in [-0.4, -0.2) is 30.3 Å². The molecule has 0 saturated heterocycles. The van der Waals surface area contributed by atoms with E-state index in [0.717, 1.165) is 29.9 Å². The number of benzene rings is 1. The van der Waals surface area contributed by atoms with Crippen molar-refractivity contribution in [3.63, 3.8) is 0 Å². The highest BCUT2D eigenvalue weighted by atomic mass is 19.1. The summed E-state index contributed by atoms with van der Waals surface area (Å²) in [5.74, 6) is 1.78. The quantitative estimate of drug-likeness (QED) is 0.665. The Kier molecular flexibility index (Phi) is 5.04.